The fourth-order valence-corrected chi connectivity index (χ4v) is 10.9. The van der Waals surface area contributed by atoms with Crippen LogP contribution in [0.2, 0.25) is 0 Å². The lowest BCUT2D eigenvalue weighted by Gasteiger charge is -2.38. The van der Waals surface area contributed by atoms with Crippen molar-refractivity contribution >= 4 is 11.8 Å². The predicted molar refractivity (Wildman–Crippen MR) is 299 cm³/mol. The van der Waals surface area contributed by atoms with Crippen molar-refractivity contribution in [3.05, 3.63) is 0 Å². The highest BCUT2D eigenvalue weighted by molar-refractivity contribution is 5.76. The van der Waals surface area contributed by atoms with Gasteiger partial charge in [-0.1, -0.05) is 246 Å². The first kappa shape index (κ1) is 64.9. The molecule has 0 atom stereocenters. The zero-order chi connectivity index (χ0) is 49.2. The molecule has 1 saturated carbocycles. The van der Waals surface area contributed by atoms with Gasteiger partial charge in [-0.15, -0.1) is 0 Å². The van der Waals surface area contributed by atoms with Crippen molar-refractivity contribution in [2.75, 3.05) is 52.4 Å². The molecule has 1 N–H and O–H groups in total. The van der Waals surface area contributed by atoms with Crippen LogP contribution in [0.1, 0.15) is 323 Å². The number of carbonyl (C=O) groups excluding carboxylic acids is 2. The third kappa shape index (κ3) is 40.5. The fourth-order valence-electron chi connectivity index (χ4n) is 10.9. The van der Waals surface area contributed by atoms with Crippen LogP contribution in [0.4, 0.5) is 0 Å². The summed E-state index contributed by atoms with van der Waals surface area (Å²) >= 11 is 0. The molecular formula is C62H123N3O3. The summed E-state index contributed by atoms with van der Waals surface area (Å²) in [5.41, 5.74) is 0. The SMILES string of the molecule is CCCCCCCCCCN(CCCCCCCCCC)C(=O)CCCCCCCN(CCCCCCCC(=O)N(CCCCCCCCCC)CCCCCCCCCC)CC1CC(CO)C1. The number of hydrogen-bond donors (Lipinski definition) is 1. The van der Waals surface area contributed by atoms with E-state index in [1.165, 1.54) is 289 Å². The third-order valence-electron chi connectivity index (χ3n) is 15.7. The molecule has 1 aliphatic rings. The highest BCUT2D eigenvalue weighted by Gasteiger charge is 2.29. The molecule has 404 valence electrons. The van der Waals surface area contributed by atoms with Crippen LogP contribution in [0, 0.1) is 11.8 Å². The van der Waals surface area contributed by atoms with Crippen LogP contribution in [-0.4, -0.2) is 84.0 Å². The molecule has 0 spiro atoms. The summed E-state index contributed by atoms with van der Waals surface area (Å²) in [4.78, 5) is 34.2. The van der Waals surface area contributed by atoms with Crippen molar-refractivity contribution < 1.29 is 14.7 Å². The van der Waals surface area contributed by atoms with Gasteiger partial charge in [-0.2, -0.15) is 0 Å². The maximum atomic E-state index is 13.5. The summed E-state index contributed by atoms with van der Waals surface area (Å²) < 4.78 is 0. The van der Waals surface area contributed by atoms with Crippen molar-refractivity contribution in [3.8, 4) is 0 Å². The zero-order valence-electron chi connectivity index (χ0n) is 46.9. The minimum atomic E-state index is 0.355. The Bertz CT molecular complexity index is 938. The number of hydrogen-bond acceptors (Lipinski definition) is 4. The van der Waals surface area contributed by atoms with Gasteiger partial charge in [0.15, 0.2) is 0 Å². The number of rotatable bonds is 55. The summed E-state index contributed by atoms with van der Waals surface area (Å²) in [6.07, 6.45) is 58.1. The Kier molecular flexibility index (Phi) is 48.5. The normalized spacial score (nSPS) is 14.8. The quantitative estimate of drug-likeness (QED) is 0.0617. The van der Waals surface area contributed by atoms with Crippen molar-refractivity contribution in [1.82, 2.24) is 14.7 Å². The molecule has 6 heteroatoms. The molecule has 0 unspecified atom stereocenters. The molecule has 2 amide bonds. The summed E-state index contributed by atoms with van der Waals surface area (Å²) in [5.74, 6) is 2.12. The van der Waals surface area contributed by atoms with Crippen molar-refractivity contribution in [3.63, 3.8) is 0 Å². The fraction of sp³-hybridized carbons (Fsp3) is 0.968. The van der Waals surface area contributed by atoms with E-state index in [1.54, 1.807) is 0 Å². The van der Waals surface area contributed by atoms with E-state index >= 15 is 0 Å². The van der Waals surface area contributed by atoms with Crippen LogP contribution in [0.15, 0.2) is 0 Å². The van der Waals surface area contributed by atoms with Gasteiger partial charge in [-0.25, -0.2) is 0 Å². The maximum absolute atomic E-state index is 13.5. The van der Waals surface area contributed by atoms with Crippen LogP contribution in [0.5, 0.6) is 0 Å². The average Bonchev–Trinajstić information content (AvgIpc) is 3.33. The minimum Gasteiger partial charge on any atom is -0.396 e. The summed E-state index contributed by atoms with van der Waals surface area (Å²) in [7, 11) is 0. The Morgan fingerprint density at radius 2 is 0.559 bits per heavy atom. The molecular weight excluding hydrogens is 835 g/mol. The molecule has 0 saturated heterocycles. The number of unbranched alkanes of at least 4 members (excludes halogenated alkanes) is 36. The predicted octanol–water partition coefficient (Wildman–Crippen LogP) is 18.2. The first-order valence-corrected chi connectivity index (χ1v) is 31.4. The Balaban J connectivity index is 2.42. The molecule has 0 bridgehead atoms. The second-order valence-corrected chi connectivity index (χ2v) is 22.4. The van der Waals surface area contributed by atoms with Gasteiger partial charge in [0, 0.05) is 52.2 Å². The van der Waals surface area contributed by atoms with Gasteiger partial charge in [-0.3, -0.25) is 9.59 Å². The van der Waals surface area contributed by atoms with E-state index in [1.807, 2.05) is 0 Å². The zero-order valence-corrected chi connectivity index (χ0v) is 46.9. The Morgan fingerprint density at radius 1 is 0.324 bits per heavy atom. The number of amides is 2. The Morgan fingerprint density at radius 3 is 0.824 bits per heavy atom. The first-order valence-electron chi connectivity index (χ1n) is 31.4. The molecule has 0 aliphatic heterocycles. The molecule has 0 aromatic rings. The summed E-state index contributed by atoms with van der Waals surface area (Å²) in [6.45, 7) is 17.0. The minimum absolute atomic E-state index is 0.355. The van der Waals surface area contributed by atoms with E-state index in [4.69, 9.17) is 0 Å². The lowest BCUT2D eigenvalue weighted by atomic mass is 9.75. The van der Waals surface area contributed by atoms with E-state index < -0.39 is 0 Å². The van der Waals surface area contributed by atoms with E-state index in [-0.39, 0.29) is 0 Å². The lowest BCUT2D eigenvalue weighted by Crippen LogP contribution is -2.38. The molecule has 1 fully saturated rings. The molecule has 0 aromatic carbocycles. The van der Waals surface area contributed by atoms with Crippen LogP contribution in [0.25, 0.3) is 0 Å². The van der Waals surface area contributed by atoms with Gasteiger partial charge >= 0.3 is 0 Å². The Hall–Kier alpha value is -1.14. The van der Waals surface area contributed by atoms with Crippen LogP contribution < -0.4 is 0 Å². The summed E-state index contributed by atoms with van der Waals surface area (Å²) in [5, 5.41) is 9.65. The number of nitrogens with zero attached hydrogens (tertiary/aromatic N) is 3. The monoisotopic (exact) mass is 958 g/mol. The van der Waals surface area contributed by atoms with E-state index in [9.17, 15) is 14.7 Å². The molecule has 6 nitrogen and oxygen atoms in total. The van der Waals surface area contributed by atoms with Crippen molar-refractivity contribution in [1.29, 1.82) is 0 Å². The van der Waals surface area contributed by atoms with E-state index in [0.29, 0.717) is 24.3 Å². The van der Waals surface area contributed by atoms with E-state index in [0.717, 1.165) is 57.8 Å². The van der Waals surface area contributed by atoms with Gasteiger partial charge in [0.25, 0.3) is 0 Å². The number of aliphatic hydroxyl groups excluding tert-OH is 1. The molecule has 0 heterocycles. The first-order chi connectivity index (χ1) is 33.5. The second kappa shape index (κ2) is 50.8. The van der Waals surface area contributed by atoms with E-state index in [2.05, 4.69) is 42.4 Å². The number of carbonyl (C=O) groups is 2. The maximum Gasteiger partial charge on any atom is 0.222 e. The van der Waals surface area contributed by atoms with Crippen LogP contribution in [0.3, 0.4) is 0 Å². The van der Waals surface area contributed by atoms with Gasteiger partial charge in [0.05, 0.1) is 0 Å². The second-order valence-electron chi connectivity index (χ2n) is 22.4. The Labute approximate surface area is 426 Å². The molecule has 0 radical (unpaired) electrons. The lowest BCUT2D eigenvalue weighted by molar-refractivity contribution is -0.132. The number of aliphatic hydroxyl groups is 1. The van der Waals surface area contributed by atoms with Gasteiger partial charge in [0.2, 0.25) is 11.8 Å². The molecule has 68 heavy (non-hydrogen) atoms. The molecule has 0 aromatic heterocycles. The third-order valence-corrected chi connectivity index (χ3v) is 15.7. The molecule has 1 rings (SSSR count). The summed E-state index contributed by atoms with van der Waals surface area (Å²) in [6, 6.07) is 0. The van der Waals surface area contributed by atoms with Crippen LogP contribution in [-0.2, 0) is 9.59 Å². The highest BCUT2D eigenvalue weighted by Crippen LogP contribution is 2.34. The average molecular weight is 959 g/mol. The molecule has 1 aliphatic carbocycles. The van der Waals surface area contributed by atoms with Gasteiger partial charge < -0.3 is 19.8 Å². The van der Waals surface area contributed by atoms with Crippen molar-refractivity contribution in [2.45, 2.75) is 323 Å². The standard InChI is InChI=1S/C62H123N3O3/c1-5-9-13-17-21-25-35-43-51-64(52-44-36-26-22-18-14-10-6-2)61(67)47-39-31-29-33-41-49-63(57-59-55-60(56-59)58-66)50-42-34-30-32-40-48-62(68)65(53-45-37-27-23-19-15-11-7-3)54-46-38-28-24-20-16-12-8-4/h59-60,66H,5-58H2,1-4H3. The van der Waals surface area contributed by atoms with Gasteiger partial charge in [0.1, 0.15) is 0 Å². The largest absolute Gasteiger partial charge is 0.396 e. The smallest absolute Gasteiger partial charge is 0.222 e. The van der Waals surface area contributed by atoms with Crippen LogP contribution >= 0.6 is 0 Å². The van der Waals surface area contributed by atoms with Crippen molar-refractivity contribution in [2.24, 2.45) is 11.8 Å². The topological polar surface area (TPSA) is 64.1 Å². The highest BCUT2D eigenvalue weighted by atomic mass is 16.3. The van der Waals surface area contributed by atoms with Gasteiger partial charge in [-0.05, 0) is 89.1 Å².